The highest BCUT2D eigenvalue weighted by Crippen LogP contribution is 2.44. The van der Waals surface area contributed by atoms with Crippen LogP contribution in [0.2, 0.25) is 0 Å². The number of hydrogen-bond acceptors (Lipinski definition) is 8. The number of ether oxygens (including phenoxy) is 1. The van der Waals surface area contributed by atoms with Gasteiger partial charge < -0.3 is 19.3 Å². The lowest BCUT2D eigenvalue weighted by Crippen LogP contribution is -2.31. The third kappa shape index (κ3) is 2.38. The molecule has 26 heavy (non-hydrogen) atoms. The second-order valence-electron chi connectivity index (χ2n) is 6.56. The van der Waals surface area contributed by atoms with E-state index in [1.807, 2.05) is 6.07 Å². The molecule has 8 nitrogen and oxygen atoms in total. The molecule has 3 aromatic rings. The number of fused-ring (bicyclic) bond motifs is 2. The molecule has 0 aliphatic carbocycles. The zero-order valence-corrected chi connectivity index (χ0v) is 14.0. The van der Waals surface area contributed by atoms with Crippen LogP contribution >= 0.6 is 0 Å². The zero-order valence-electron chi connectivity index (χ0n) is 14.0. The summed E-state index contributed by atoms with van der Waals surface area (Å²) in [6.45, 7) is 2.01. The van der Waals surface area contributed by atoms with E-state index in [1.165, 1.54) is 11.1 Å². The van der Waals surface area contributed by atoms with Crippen molar-refractivity contribution in [3.63, 3.8) is 0 Å². The molecule has 2 aliphatic heterocycles. The number of hydrogen-bond donors (Lipinski definition) is 1. The average Bonchev–Trinajstić information content (AvgIpc) is 3.42. The Kier molecular flexibility index (Phi) is 3.47. The van der Waals surface area contributed by atoms with Crippen molar-refractivity contribution < 1.29 is 14.4 Å². The van der Waals surface area contributed by atoms with E-state index in [4.69, 9.17) is 14.4 Å². The lowest BCUT2D eigenvalue weighted by Gasteiger charge is -2.25. The summed E-state index contributed by atoms with van der Waals surface area (Å²) in [6, 6.07) is 12.1. The summed E-state index contributed by atoms with van der Waals surface area (Å²) in [6.07, 6.45) is 0.928. The molecule has 1 spiro atoms. The van der Waals surface area contributed by atoms with Crippen LogP contribution in [-0.4, -0.2) is 38.5 Å². The fourth-order valence-corrected chi connectivity index (χ4v) is 3.73. The van der Waals surface area contributed by atoms with Gasteiger partial charge in [0.2, 0.25) is 0 Å². The predicted molar refractivity (Wildman–Crippen MR) is 91.0 cm³/mol. The van der Waals surface area contributed by atoms with Gasteiger partial charge in [0, 0.05) is 6.54 Å². The molecule has 1 atom stereocenters. The van der Waals surface area contributed by atoms with Crippen molar-refractivity contribution in [1.82, 2.24) is 20.3 Å². The van der Waals surface area contributed by atoms with E-state index < -0.39 is 0 Å². The number of nitrogens with zero attached hydrogens (tertiary/aromatic N) is 5. The van der Waals surface area contributed by atoms with Crippen LogP contribution in [0.25, 0.3) is 11.6 Å². The number of anilines is 1. The highest BCUT2D eigenvalue weighted by molar-refractivity contribution is 5.51. The van der Waals surface area contributed by atoms with Crippen LogP contribution in [0.5, 0.6) is 0 Å². The van der Waals surface area contributed by atoms with Crippen molar-refractivity contribution >= 4 is 5.82 Å². The monoisotopic (exact) mass is 351 g/mol. The molecule has 0 saturated carbocycles. The van der Waals surface area contributed by atoms with Gasteiger partial charge in [-0.1, -0.05) is 29.4 Å². The van der Waals surface area contributed by atoms with E-state index in [0.717, 1.165) is 25.3 Å². The molecule has 5 rings (SSSR count). The number of aliphatic hydroxyl groups is 1. The Bertz CT molecular complexity index is 942. The van der Waals surface area contributed by atoms with E-state index in [-0.39, 0.29) is 23.9 Å². The van der Waals surface area contributed by atoms with Crippen molar-refractivity contribution in [2.75, 3.05) is 18.0 Å². The molecule has 4 heterocycles. The van der Waals surface area contributed by atoms with Crippen LogP contribution in [0.4, 0.5) is 5.82 Å². The van der Waals surface area contributed by atoms with Gasteiger partial charge in [-0.2, -0.15) is 4.98 Å². The Hall–Kier alpha value is -2.84. The Morgan fingerprint density at radius 1 is 1.15 bits per heavy atom. The largest absolute Gasteiger partial charge is 0.388 e. The van der Waals surface area contributed by atoms with E-state index in [1.54, 1.807) is 6.07 Å². The second-order valence-corrected chi connectivity index (χ2v) is 6.56. The van der Waals surface area contributed by atoms with Crippen LogP contribution < -0.4 is 4.90 Å². The van der Waals surface area contributed by atoms with Crippen molar-refractivity contribution in [3.05, 3.63) is 53.3 Å². The lowest BCUT2D eigenvalue weighted by molar-refractivity contribution is -0.0205. The molecule has 0 radical (unpaired) electrons. The Morgan fingerprint density at radius 3 is 2.88 bits per heavy atom. The molecule has 2 aliphatic rings. The average molecular weight is 351 g/mol. The van der Waals surface area contributed by atoms with Crippen molar-refractivity contribution in [2.24, 2.45) is 0 Å². The molecule has 0 amide bonds. The van der Waals surface area contributed by atoms with Gasteiger partial charge in [0.25, 0.3) is 5.89 Å². The summed E-state index contributed by atoms with van der Waals surface area (Å²) < 4.78 is 11.2. The predicted octanol–water partition coefficient (Wildman–Crippen LogP) is 1.65. The van der Waals surface area contributed by atoms with Gasteiger partial charge in [-0.3, -0.25) is 0 Å². The van der Waals surface area contributed by atoms with Crippen molar-refractivity contribution in [1.29, 1.82) is 0 Å². The summed E-state index contributed by atoms with van der Waals surface area (Å²) in [4.78, 5) is 6.23. The maximum Gasteiger partial charge on any atom is 0.278 e. The summed E-state index contributed by atoms with van der Waals surface area (Å²) in [5.74, 6) is 1.27. The molecular weight excluding hydrogens is 334 g/mol. The van der Waals surface area contributed by atoms with E-state index in [2.05, 4.69) is 49.5 Å². The summed E-state index contributed by atoms with van der Waals surface area (Å²) >= 11 is 0. The third-order valence-electron chi connectivity index (χ3n) is 5.05. The topological polar surface area (TPSA) is 97.4 Å². The first-order valence-electron chi connectivity index (χ1n) is 8.52. The Balaban J connectivity index is 1.37. The van der Waals surface area contributed by atoms with Crippen LogP contribution in [0.1, 0.15) is 23.4 Å². The van der Waals surface area contributed by atoms with Crippen LogP contribution in [0.15, 0.2) is 40.9 Å². The Labute approximate surface area is 149 Å². The normalized spacial score (nSPS) is 21.5. The zero-order chi connectivity index (χ0) is 17.6. The van der Waals surface area contributed by atoms with Crippen molar-refractivity contribution in [3.8, 4) is 11.6 Å². The molecule has 1 saturated heterocycles. The third-order valence-corrected chi connectivity index (χ3v) is 5.05. The first kappa shape index (κ1) is 15.4. The van der Waals surface area contributed by atoms with E-state index >= 15 is 0 Å². The standard InChI is InChI=1S/C18H17N5O3/c24-9-15-19-17(26-22-15)14-5-6-16(21-20-14)23-8-7-18(11-23)13-4-2-1-3-12(13)10-25-18/h1-6,24H,7-11H2. The minimum absolute atomic E-state index is 0.226. The highest BCUT2D eigenvalue weighted by Gasteiger charge is 2.45. The van der Waals surface area contributed by atoms with Gasteiger partial charge in [-0.25, -0.2) is 0 Å². The smallest absolute Gasteiger partial charge is 0.278 e. The van der Waals surface area contributed by atoms with Crippen LogP contribution in [0, 0.1) is 0 Å². The Morgan fingerprint density at radius 2 is 2.08 bits per heavy atom. The first-order valence-corrected chi connectivity index (χ1v) is 8.52. The van der Waals surface area contributed by atoms with Gasteiger partial charge in [-0.15, -0.1) is 10.2 Å². The van der Waals surface area contributed by atoms with Crippen molar-refractivity contribution in [2.45, 2.75) is 25.2 Å². The fourth-order valence-electron chi connectivity index (χ4n) is 3.73. The minimum Gasteiger partial charge on any atom is -0.388 e. The molecule has 8 heteroatoms. The SMILES string of the molecule is OCc1noc(-c2ccc(N3CCC4(C3)OCc3ccccc34)nn2)n1. The van der Waals surface area contributed by atoms with Crippen LogP contribution in [-0.2, 0) is 23.6 Å². The lowest BCUT2D eigenvalue weighted by atomic mass is 9.92. The van der Waals surface area contributed by atoms with Gasteiger partial charge in [0.1, 0.15) is 12.2 Å². The second kappa shape index (κ2) is 5.86. The van der Waals surface area contributed by atoms with Gasteiger partial charge in [0.05, 0.1) is 13.2 Å². The minimum atomic E-state index is -0.271. The maximum absolute atomic E-state index is 9.02. The highest BCUT2D eigenvalue weighted by atomic mass is 16.5. The van der Waals surface area contributed by atoms with Gasteiger partial charge >= 0.3 is 0 Å². The summed E-state index contributed by atoms with van der Waals surface area (Å²) in [5.41, 5.74) is 2.79. The van der Waals surface area contributed by atoms with E-state index in [9.17, 15) is 0 Å². The summed E-state index contributed by atoms with van der Waals surface area (Å²) in [7, 11) is 0. The fraction of sp³-hybridized carbons (Fsp3) is 0.333. The quantitative estimate of drug-likeness (QED) is 0.761. The summed E-state index contributed by atoms with van der Waals surface area (Å²) in [5, 5.41) is 21.2. The molecular formula is C18H17N5O3. The molecule has 1 N–H and O–H groups in total. The van der Waals surface area contributed by atoms with Gasteiger partial charge in [0.15, 0.2) is 17.3 Å². The maximum atomic E-state index is 9.02. The molecule has 1 aromatic carbocycles. The molecule has 2 aromatic heterocycles. The number of rotatable bonds is 3. The van der Waals surface area contributed by atoms with Crippen LogP contribution in [0.3, 0.4) is 0 Å². The molecule has 1 unspecified atom stereocenters. The molecule has 1 fully saturated rings. The number of aromatic nitrogens is 4. The molecule has 132 valence electrons. The first-order chi connectivity index (χ1) is 12.8. The van der Waals surface area contributed by atoms with E-state index in [0.29, 0.717) is 12.3 Å². The van der Waals surface area contributed by atoms with Gasteiger partial charge in [-0.05, 0) is 29.7 Å². The number of benzene rings is 1. The number of aliphatic hydroxyl groups excluding tert-OH is 1. The molecule has 0 bridgehead atoms.